The van der Waals surface area contributed by atoms with E-state index in [0.29, 0.717) is 27.6 Å². The topological polar surface area (TPSA) is 104 Å². The SMILES string of the molecule is CC(=O)Nc1ccc(NC(=O)c2ccc(S(=O)(=O)Nc3ccc(Cl)cc3)cc2)cc1C. The molecule has 0 bridgehead atoms. The fraction of sp³-hybridized carbons (Fsp3) is 0.0909. The number of halogens is 1. The van der Waals surface area contributed by atoms with Gasteiger partial charge in [-0.15, -0.1) is 0 Å². The smallest absolute Gasteiger partial charge is 0.261 e. The van der Waals surface area contributed by atoms with Gasteiger partial charge in [0, 0.05) is 34.6 Å². The number of nitrogens with one attached hydrogen (secondary N) is 3. The highest BCUT2D eigenvalue weighted by Gasteiger charge is 2.15. The van der Waals surface area contributed by atoms with Gasteiger partial charge in [0.05, 0.1) is 4.90 Å². The van der Waals surface area contributed by atoms with Gasteiger partial charge < -0.3 is 10.6 Å². The quantitative estimate of drug-likeness (QED) is 0.500. The van der Waals surface area contributed by atoms with Gasteiger partial charge in [-0.2, -0.15) is 0 Å². The molecular formula is C22H20ClN3O4S. The molecule has 9 heteroatoms. The first kappa shape index (κ1) is 22.3. The van der Waals surface area contributed by atoms with E-state index in [4.69, 9.17) is 11.6 Å². The van der Waals surface area contributed by atoms with Crippen molar-refractivity contribution in [1.29, 1.82) is 0 Å². The van der Waals surface area contributed by atoms with Crippen LogP contribution in [0.3, 0.4) is 0 Å². The molecule has 7 nitrogen and oxygen atoms in total. The van der Waals surface area contributed by atoms with Crippen molar-refractivity contribution < 1.29 is 18.0 Å². The van der Waals surface area contributed by atoms with Crippen molar-refractivity contribution in [3.05, 3.63) is 82.9 Å². The van der Waals surface area contributed by atoms with Crippen LogP contribution in [0.1, 0.15) is 22.8 Å². The van der Waals surface area contributed by atoms with Gasteiger partial charge in [0.25, 0.3) is 15.9 Å². The van der Waals surface area contributed by atoms with Crippen LogP contribution in [0.5, 0.6) is 0 Å². The number of anilines is 3. The third-order valence-corrected chi connectivity index (χ3v) is 5.97. The molecular weight excluding hydrogens is 438 g/mol. The van der Waals surface area contributed by atoms with Crippen molar-refractivity contribution in [3.8, 4) is 0 Å². The molecule has 0 aromatic heterocycles. The molecule has 0 heterocycles. The highest BCUT2D eigenvalue weighted by atomic mass is 35.5. The fourth-order valence-corrected chi connectivity index (χ4v) is 3.98. The molecule has 0 unspecified atom stereocenters. The lowest BCUT2D eigenvalue weighted by Gasteiger charge is -2.11. The zero-order valence-electron chi connectivity index (χ0n) is 16.8. The summed E-state index contributed by atoms with van der Waals surface area (Å²) in [7, 11) is -3.81. The maximum Gasteiger partial charge on any atom is 0.261 e. The highest BCUT2D eigenvalue weighted by Crippen LogP contribution is 2.21. The minimum absolute atomic E-state index is 0.0227. The van der Waals surface area contributed by atoms with Crippen molar-refractivity contribution in [1.82, 2.24) is 0 Å². The predicted octanol–water partition coefficient (Wildman–Crippen LogP) is 4.66. The second-order valence-electron chi connectivity index (χ2n) is 6.80. The summed E-state index contributed by atoms with van der Waals surface area (Å²) in [6.07, 6.45) is 0. The van der Waals surface area contributed by atoms with Gasteiger partial charge >= 0.3 is 0 Å². The molecule has 0 saturated heterocycles. The minimum Gasteiger partial charge on any atom is -0.326 e. The summed E-state index contributed by atoms with van der Waals surface area (Å²) < 4.78 is 27.5. The van der Waals surface area contributed by atoms with Crippen molar-refractivity contribution in [2.24, 2.45) is 0 Å². The molecule has 3 N–H and O–H groups in total. The Hall–Kier alpha value is -3.36. The van der Waals surface area contributed by atoms with Crippen LogP contribution in [-0.2, 0) is 14.8 Å². The largest absolute Gasteiger partial charge is 0.326 e. The molecule has 0 atom stereocenters. The number of aryl methyl sites for hydroxylation is 1. The van der Waals surface area contributed by atoms with Crippen LogP contribution < -0.4 is 15.4 Å². The lowest BCUT2D eigenvalue weighted by Crippen LogP contribution is -2.15. The second kappa shape index (κ2) is 9.20. The number of carbonyl (C=O) groups is 2. The number of benzene rings is 3. The lowest BCUT2D eigenvalue weighted by molar-refractivity contribution is -0.114. The number of hydrogen-bond acceptors (Lipinski definition) is 4. The molecule has 31 heavy (non-hydrogen) atoms. The maximum atomic E-state index is 12.5. The van der Waals surface area contributed by atoms with E-state index in [9.17, 15) is 18.0 Å². The molecule has 0 saturated carbocycles. The maximum absolute atomic E-state index is 12.5. The number of carbonyl (C=O) groups excluding carboxylic acids is 2. The lowest BCUT2D eigenvalue weighted by atomic mass is 10.1. The average Bonchev–Trinajstić information content (AvgIpc) is 2.71. The van der Waals surface area contributed by atoms with Crippen molar-refractivity contribution in [3.63, 3.8) is 0 Å². The van der Waals surface area contributed by atoms with Crippen molar-refractivity contribution >= 4 is 50.5 Å². The standard InChI is InChI=1S/C22H20ClN3O4S/c1-14-13-19(9-12-21(14)24-15(2)27)25-22(28)16-3-10-20(11-4-16)31(29,30)26-18-7-5-17(23)6-8-18/h3-13,26H,1-2H3,(H,24,27)(H,25,28). The number of hydrogen-bond donors (Lipinski definition) is 3. The third kappa shape index (κ3) is 5.84. The Morgan fingerprint density at radius 1 is 0.839 bits per heavy atom. The van der Waals surface area contributed by atoms with Crippen molar-refractivity contribution in [2.45, 2.75) is 18.7 Å². The first-order valence-electron chi connectivity index (χ1n) is 9.22. The molecule has 3 rings (SSSR count). The molecule has 3 aromatic carbocycles. The van der Waals surface area contributed by atoms with E-state index < -0.39 is 10.0 Å². The summed E-state index contributed by atoms with van der Waals surface area (Å²) in [5.41, 5.74) is 2.69. The van der Waals surface area contributed by atoms with Gasteiger partial charge in [0.15, 0.2) is 0 Å². The van der Waals surface area contributed by atoms with Crippen LogP contribution >= 0.6 is 11.6 Å². The van der Waals surface area contributed by atoms with Gasteiger partial charge in [-0.05, 0) is 79.2 Å². The first-order valence-corrected chi connectivity index (χ1v) is 11.1. The number of amides is 2. The average molecular weight is 458 g/mol. The zero-order valence-corrected chi connectivity index (χ0v) is 18.3. The Morgan fingerprint density at radius 2 is 1.45 bits per heavy atom. The highest BCUT2D eigenvalue weighted by molar-refractivity contribution is 7.92. The Kier molecular flexibility index (Phi) is 6.62. The number of rotatable bonds is 6. The van der Waals surface area contributed by atoms with E-state index in [-0.39, 0.29) is 16.7 Å². The van der Waals surface area contributed by atoms with E-state index in [1.54, 1.807) is 42.5 Å². The van der Waals surface area contributed by atoms with Crippen LogP contribution in [0.4, 0.5) is 17.1 Å². The second-order valence-corrected chi connectivity index (χ2v) is 8.92. The van der Waals surface area contributed by atoms with Gasteiger partial charge in [0.1, 0.15) is 0 Å². The fourth-order valence-electron chi connectivity index (χ4n) is 2.79. The molecule has 3 aromatic rings. The Morgan fingerprint density at radius 3 is 2.03 bits per heavy atom. The minimum atomic E-state index is -3.81. The van der Waals surface area contributed by atoms with E-state index >= 15 is 0 Å². The van der Waals surface area contributed by atoms with E-state index in [1.165, 1.54) is 31.2 Å². The molecule has 0 fully saturated rings. The molecule has 0 radical (unpaired) electrons. The zero-order chi connectivity index (χ0) is 22.6. The van der Waals surface area contributed by atoms with Crippen LogP contribution in [0.2, 0.25) is 5.02 Å². The summed E-state index contributed by atoms with van der Waals surface area (Å²) in [6, 6.07) is 17.0. The third-order valence-electron chi connectivity index (χ3n) is 4.32. The summed E-state index contributed by atoms with van der Waals surface area (Å²) in [5, 5.41) is 5.96. The molecule has 0 spiro atoms. The summed E-state index contributed by atoms with van der Waals surface area (Å²) in [4.78, 5) is 23.7. The van der Waals surface area contributed by atoms with Gasteiger partial charge in [0.2, 0.25) is 5.91 Å². The summed E-state index contributed by atoms with van der Waals surface area (Å²) in [5.74, 6) is -0.568. The molecule has 0 aliphatic rings. The van der Waals surface area contributed by atoms with Gasteiger partial charge in [-0.3, -0.25) is 14.3 Å². The Bertz CT molecular complexity index is 1220. The van der Waals surface area contributed by atoms with E-state index in [2.05, 4.69) is 15.4 Å². The predicted molar refractivity (Wildman–Crippen MR) is 122 cm³/mol. The number of sulfonamides is 1. The van der Waals surface area contributed by atoms with E-state index in [0.717, 1.165) is 5.56 Å². The summed E-state index contributed by atoms with van der Waals surface area (Å²) in [6.45, 7) is 3.23. The Balaban J connectivity index is 1.70. The van der Waals surface area contributed by atoms with E-state index in [1.807, 2.05) is 6.92 Å². The van der Waals surface area contributed by atoms with Crippen LogP contribution in [-0.4, -0.2) is 20.2 Å². The Labute approximate surface area is 185 Å². The molecule has 2 amide bonds. The van der Waals surface area contributed by atoms with Gasteiger partial charge in [-0.25, -0.2) is 8.42 Å². The van der Waals surface area contributed by atoms with Gasteiger partial charge in [-0.1, -0.05) is 11.6 Å². The van der Waals surface area contributed by atoms with Crippen LogP contribution in [0.25, 0.3) is 0 Å². The molecule has 0 aliphatic heterocycles. The first-order chi connectivity index (χ1) is 14.6. The normalized spacial score (nSPS) is 10.9. The molecule has 0 aliphatic carbocycles. The monoisotopic (exact) mass is 457 g/mol. The summed E-state index contributed by atoms with van der Waals surface area (Å²) >= 11 is 5.81. The van der Waals surface area contributed by atoms with Crippen molar-refractivity contribution in [2.75, 3.05) is 15.4 Å². The van der Waals surface area contributed by atoms with Crippen LogP contribution in [0, 0.1) is 6.92 Å². The molecule has 160 valence electrons. The van der Waals surface area contributed by atoms with Crippen LogP contribution in [0.15, 0.2) is 71.6 Å².